The quantitative estimate of drug-likeness (QED) is 0.382. The molecule has 8 heteroatoms. The number of rotatable bonds is 6. The Kier molecular flexibility index (Phi) is 6.11. The Balaban J connectivity index is 1.60. The summed E-state index contributed by atoms with van der Waals surface area (Å²) in [7, 11) is 1.59. The number of amides is 1. The molecule has 0 aliphatic carbocycles. The van der Waals surface area contributed by atoms with Crippen LogP contribution in [0.4, 0.5) is 0 Å². The van der Waals surface area contributed by atoms with E-state index < -0.39 is 5.91 Å². The Morgan fingerprint density at radius 1 is 1.15 bits per heavy atom. The van der Waals surface area contributed by atoms with Crippen molar-refractivity contribution < 1.29 is 14.3 Å². The van der Waals surface area contributed by atoms with Gasteiger partial charge in [0.1, 0.15) is 16.7 Å². The number of hydrogen-bond donors (Lipinski definition) is 1. The summed E-state index contributed by atoms with van der Waals surface area (Å²) in [6.07, 6.45) is 1.43. The van der Waals surface area contributed by atoms with Crippen LogP contribution in [-0.4, -0.2) is 30.8 Å². The number of hydrogen-bond acceptors (Lipinski definition) is 5. The zero-order valence-corrected chi connectivity index (χ0v) is 15.8. The molecule has 0 unspecified atom stereocenters. The molecule has 138 valence electrons. The van der Waals surface area contributed by atoms with Gasteiger partial charge < -0.3 is 9.47 Å². The molecule has 1 aromatic heterocycles. The van der Waals surface area contributed by atoms with Gasteiger partial charge in [0.25, 0.3) is 5.91 Å². The maximum atomic E-state index is 11.8. The van der Waals surface area contributed by atoms with E-state index in [4.69, 9.17) is 32.7 Å². The van der Waals surface area contributed by atoms with Gasteiger partial charge in [-0.1, -0.05) is 23.2 Å². The number of nitrogens with one attached hydrogen (secondary N) is 1. The first-order valence-electron chi connectivity index (χ1n) is 7.90. The van der Waals surface area contributed by atoms with E-state index >= 15 is 0 Å². The minimum Gasteiger partial charge on any atom is -0.497 e. The van der Waals surface area contributed by atoms with Gasteiger partial charge in [-0.3, -0.25) is 4.79 Å². The van der Waals surface area contributed by atoms with Crippen molar-refractivity contribution >= 4 is 46.2 Å². The van der Waals surface area contributed by atoms with Gasteiger partial charge in [0.15, 0.2) is 6.61 Å². The number of benzene rings is 2. The molecule has 1 N–H and O–H groups in total. The average Bonchev–Trinajstić information content (AvgIpc) is 2.67. The number of nitrogens with zero attached hydrogens (tertiary/aromatic N) is 2. The van der Waals surface area contributed by atoms with Gasteiger partial charge in [-0.05, 0) is 42.5 Å². The summed E-state index contributed by atoms with van der Waals surface area (Å²) in [4.78, 5) is 16.1. The predicted octanol–water partition coefficient (Wildman–Crippen LogP) is 4.08. The van der Waals surface area contributed by atoms with Crippen LogP contribution in [0.15, 0.2) is 53.6 Å². The minimum atomic E-state index is -0.407. The van der Waals surface area contributed by atoms with E-state index in [0.29, 0.717) is 27.6 Å². The number of hydrazone groups is 1. The molecule has 0 bridgehead atoms. The van der Waals surface area contributed by atoms with Crippen LogP contribution in [0.5, 0.6) is 11.5 Å². The summed E-state index contributed by atoms with van der Waals surface area (Å²) in [5.74, 6) is 0.826. The summed E-state index contributed by atoms with van der Waals surface area (Å²) in [5, 5.41) is 5.63. The third-order valence-electron chi connectivity index (χ3n) is 3.58. The fraction of sp³-hybridized carbons (Fsp3) is 0.105. The summed E-state index contributed by atoms with van der Waals surface area (Å²) in [6.45, 7) is -0.178. The van der Waals surface area contributed by atoms with Crippen molar-refractivity contribution in [2.24, 2.45) is 5.10 Å². The van der Waals surface area contributed by atoms with Gasteiger partial charge in [-0.15, -0.1) is 0 Å². The predicted molar refractivity (Wildman–Crippen MR) is 106 cm³/mol. The van der Waals surface area contributed by atoms with E-state index in [0.717, 1.165) is 5.39 Å². The van der Waals surface area contributed by atoms with Gasteiger partial charge >= 0.3 is 0 Å². The number of fused-ring (bicyclic) bond motifs is 1. The maximum Gasteiger partial charge on any atom is 0.277 e. The van der Waals surface area contributed by atoms with Crippen molar-refractivity contribution in [3.8, 4) is 11.5 Å². The SMILES string of the molecule is COc1ccc2cc(/C=N/NC(=O)COc3ccc(Cl)cc3)c(Cl)nc2c1. The highest BCUT2D eigenvalue weighted by Crippen LogP contribution is 2.23. The second-order valence-corrected chi connectivity index (χ2v) is 6.26. The third-order valence-corrected chi connectivity index (χ3v) is 4.14. The second kappa shape index (κ2) is 8.70. The molecule has 0 aliphatic rings. The third kappa shape index (κ3) is 5.09. The van der Waals surface area contributed by atoms with Crippen LogP contribution in [0.2, 0.25) is 10.2 Å². The smallest absolute Gasteiger partial charge is 0.277 e. The molecule has 0 spiro atoms. The molecule has 0 aliphatic heterocycles. The largest absolute Gasteiger partial charge is 0.497 e. The van der Waals surface area contributed by atoms with Crippen LogP contribution in [0.25, 0.3) is 10.9 Å². The fourth-order valence-corrected chi connectivity index (χ4v) is 2.56. The van der Waals surface area contributed by atoms with Crippen molar-refractivity contribution in [3.05, 3.63) is 64.3 Å². The fourth-order valence-electron chi connectivity index (χ4n) is 2.24. The zero-order chi connectivity index (χ0) is 19.2. The van der Waals surface area contributed by atoms with Crippen molar-refractivity contribution in [1.82, 2.24) is 10.4 Å². The van der Waals surface area contributed by atoms with Crippen molar-refractivity contribution in [2.75, 3.05) is 13.7 Å². The molecule has 27 heavy (non-hydrogen) atoms. The standard InChI is InChI=1S/C19H15Cl2N3O3/c1-26-16-5-2-12-8-13(19(21)23-17(12)9-16)10-22-24-18(25)11-27-15-6-3-14(20)4-7-15/h2-10H,11H2,1H3,(H,24,25)/b22-10+. The van der Waals surface area contributed by atoms with Crippen LogP contribution in [0.1, 0.15) is 5.56 Å². The van der Waals surface area contributed by atoms with E-state index in [1.807, 2.05) is 18.2 Å². The number of ether oxygens (including phenoxy) is 2. The molecule has 1 amide bonds. The number of methoxy groups -OCH3 is 1. The van der Waals surface area contributed by atoms with Gasteiger partial charge in [0, 0.05) is 22.0 Å². The van der Waals surface area contributed by atoms with Crippen LogP contribution >= 0.6 is 23.2 Å². The molecule has 1 heterocycles. The number of aromatic nitrogens is 1. The maximum absolute atomic E-state index is 11.8. The first-order chi connectivity index (χ1) is 13.0. The molecule has 0 fully saturated rings. The highest BCUT2D eigenvalue weighted by Gasteiger charge is 2.05. The van der Waals surface area contributed by atoms with E-state index in [1.54, 1.807) is 37.4 Å². The molecule has 3 aromatic rings. The first kappa shape index (κ1) is 18.9. The molecule has 0 atom stereocenters. The Morgan fingerprint density at radius 2 is 1.89 bits per heavy atom. The van der Waals surface area contributed by atoms with Crippen LogP contribution in [0.3, 0.4) is 0 Å². The van der Waals surface area contributed by atoms with Crippen molar-refractivity contribution in [2.45, 2.75) is 0 Å². The lowest BCUT2D eigenvalue weighted by Crippen LogP contribution is -2.24. The van der Waals surface area contributed by atoms with E-state index in [9.17, 15) is 4.79 Å². The lowest BCUT2D eigenvalue weighted by molar-refractivity contribution is -0.123. The van der Waals surface area contributed by atoms with Crippen LogP contribution < -0.4 is 14.9 Å². The Labute approximate surface area is 165 Å². The van der Waals surface area contributed by atoms with E-state index in [1.165, 1.54) is 6.21 Å². The Hall–Kier alpha value is -2.83. The Morgan fingerprint density at radius 3 is 2.63 bits per heavy atom. The lowest BCUT2D eigenvalue weighted by atomic mass is 10.1. The number of carbonyl (C=O) groups is 1. The normalized spacial score (nSPS) is 10.9. The Bertz CT molecular complexity index is 991. The summed E-state index contributed by atoms with van der Waals surface area (Å²) >= 11 is 12.0. The summed E-state index contributed by atoms with van der Waals surface area (Å²) < 4.78 is 10.5. The van der Waals surface area contributed by atoms with Crippen LogP contribution in [-0.2, 0) is 4.79 Å². The number of carbonyl (C=O) groups excluding carboxylic acids is 1. The molecule has 0 saturated carbocycles. The molecular formula is C19H15Cl2N3O3. The van der Waals surface area contributed by atoms with Gasteiger partial charge in [0.2, 0.25) is 0 Å². The first-order valence-corrected chi connectivity index (χ1v) is 8.65. The van der Waals surface area contributed by atoms with E-state index in [-0.39, 0.29) is 11.8 Å². The molecule has 6 nitrogen and oxygen atoms in total. The lowest BCUT2D eigenvalue weighted by Gasteiger charge is -2.05. The summed E-state index contributed by atoms with van der Waals surface area (Å²) in [6, 6.07) is 14.0. The van der Waals surface area contributed by atoms with E-state index in [2.05, 4.69) is 15.5 Å². The molecule has 2 aromatic carbocycles. The zero-order valence-electron chi connectivity index (χ0n) is 14.3. The highest BCUT2D eigenvalue weighted by atomic mass is 35.5. The summed E-state index contributed by atoms with van der Waals surface area (Å²) in [5.41, 5.74) is 3.66. The monoisotopic (exact) mass is 403 g/mol. The topological polar surface area (TPSA) is 72.8 Å². The van der Waals surface area contributed by atoms with Crippen molar-refractivity contribution in [1.29, 1.82) is 0 Å². The average molecular weight is 404 g/mol. The highest BCUT2D eigenvalue weighted by molar-refractivity contribution is 6.32. The number of pyridine rings is 1. The molecule has 0 saturated heterocycles. The molecule has 3 rings (SSSR count). The number of halogens is 2. The second-order valence-electron chi connectivity index (χ2n) is 5.46. The molecular weight excluding hydrogens is 389 g/mol. The van der Waals surface area contributed by atoms with Gasteiger partial charge in [-0.2, -0.15) is 5.10 Å². The minimum absolute atomic E-state index is 0.178. The van der Waals surface area contributed by atoms with Crippen LogP contribution in [0, 0.1) is 0 Å². The van der Waals surface area contributed by atoms with Gasteiger partial charge in [0.05, 0.1) is 18.8 Å². The molecule has 0 radical (unpaired) electrons. The van der Waals surface area contributed by atoms with Gasteiger partial charge in [-0.25, -0.2) is 10.4 Å². The van der Waals surface area contributed by atoms with Crippen molar-refractivity contribution in [3.63, 3.8) is 0 Å².